The minimum atomic E-state index is -0.796. The Morgan fingerprint density at radius 2 is 1.87 bits per heavy atom. The Labute approximate surface area is 133 Å². The predicted molar refractivity (Wildman–Crippen MR) is 86.2 cm³/mol. The molecule has 1 heterocycles. The van der Waals surface area contributed by atoms with Crippen LogP contribution in [0.25, 0.3) is 10.9 Å². The molecule has 23 heavy (non-hydrogen) atoms. The lowest BCUT2D eigenvalue weighted by Gasteiger charge is -2.15. The Balaban J connectivity index is 2.00. The molecule has 0 fully saturated rings. The van der Waals surface area contributed by atoms with Crippen LogP contribution < -0.4 is 16.8 Å². The minimum Gasteiger partial charge on any atom is -0.370 e. The molecule has 0 radical (unpaired) electrons. The Morgan fingerprint density at radius 1 is 1.13 bits per heavy atom. The van der Waals surface area contributed by atoms with Crippen molar-refractivity contribution in [3.8, 4) is 0 Å². The van der Waals surface area contributed by atoms with Crippen molar-refractivity contribution in [1.29, 1.82) is 0 Å². The zero-order valence-electron chi connectivity index (χ0n) is 12.7. The van der Waals surface area contributed by atoms with Crippen LogP contribution in [0.4, 0.5) is 0 Å². The van der Waals surface area contributed by atoms with Crippen molar-refractivity contribution in [2.24, 2.45) is 11.5 Å². The molecule has 1 aromatic carbocycles. The molecule has 6 N–H and O–H groups in total. The van der Waals surface area contributed by atoms with E-state index in [-0.39, 0.29) is 18.7 Å². The summed E-state index contributed by atoms with van der Waals surface area (Å²) in [4.78, 5) is 37.2. The number of rotatable bonds is 8. The summed E-state index contributed by atoms with van der Waals surface area (Å²) in [6.07, 6.45) is 2.72. The molecule has 7 nitrogen and oxygen atoms in total. The maximum atomic E-state index is 11.9. The molecule has 7 heteroatoms. The van der Waals surface area contributed by atoms with E-state index in [2.05, 4.69) is 10.3 Å². The lowest BCUT2D eigenvalue weighted by Crippen LogP contribution is -2.45. The molecule has 1 atom stereocenters. The number of primary amides is 2. The summed E-state index contributed by atoms with van der Waals surface area (Å²) in [5.74, 6) is -1.38. The number of aromatic nitrogens is 1. The van der Waals surface area contributed by atoms with Crippen molar-refractivity contribution in [1.82, 2.24) is 10.3 Å². The number of nitrogens with two attached hydrogens (primary N) is 2. The highest BCUT2D eigenvalue weighted by molar-refractivity contribution is 5.89. The predicted octanol–water partition coefficient (Wildman–Crippen LogP) is 0.336. The lowest BCUT2D eigenvalue weighted by molar-refractivity contribution is -0.127. The van der Waals surface area contributed by atoms with Crippen LogP contribution in [0.3, 0.4) is 0 Å². The van der Waals surface area contributed by atoms with Gasteiger partial charge in [-0.25, -0.2) is 0 Å². The van der Waals surface area contributed by atoms with E-state index in [1.807, 2.05) is 24.3 Å². The number of carbonyl (C=O) groups excluding carboxylic acids is 3. The van der Waals surface area contributed by atoms with Crippen LogP contribution in [-0.2, 0) is 20.8 Å². The van der Waals surface area contributed by atoms with Gasteiger partial charge in [0.25, 0.3) is 0 Å². The third kappa shape index (κ3) is 4.57. The van der Waals surface area contributed by atoms with Crippen molar-refractivity contribution in [3.63, 3.8) is 0 Å². The van der Waals surface area contributed by atoms with Crippen LogP contribution in [0.2, 0.25) is 0 Å². The van der Waals surface area contributed by atoms with Gasteiger partial charge in [-0.3, -0.25) is 14.4 Å². The number of carbonyl (C=O) groups is 3. The summed E-state index contributed by atoms with van der Waals surface area (Å²) in [5, 5.41) is 3.60. The number of aromatic amines is 1. The average Bonchev–Trinajstić information content (AvgIpc) is 2.89. The second-order valence-electron chi connectivity index (χ2n) is 5.41. The third-order valence-corrected chi connectivity index (χ3v) is 3.60. The second-order valence-corrected chi connectivity index (χ2v) is 5.41. The number of hydrogen-bond donors (Lipinski definition) is 4. The molecule has 0 saturated carbocycles. The van der Waals surface area contributed by atoms with Crippen LogP contribution in [0.1, 0.15) is 24.8 Å². The van der Waals surface area contributed by atoms with Crippen LogP contribution in [0.15, 0.2) is 30.5 Å². The van der Waals surface area contributed by atoms with Crippen LogP contribution in [-0.4, -0.2) is 28.7 Å². The Bertz CT molecular complexity index is 723. The molecule has 0 saturated heterocycles. The molecule has 0 spiro atoms. The molecule has 0 aliphatic heterocycles. The monoisotopic (exact) mass is 316 g/mol. The van der Waals surface area contributed by atoms with E-state index in [1.54, 1.807) is 6.20 Å². The zero-order valence-corrected chi connectivity index (χ0v) is 12.7. The van der Waals surface area contributed by atoms with Gasteiger partial charge >= 0.3 is 0 Å². The molecule has 0 bridgehead atoms. The van der Waals surface area contributed by atoms with E-state index in [0.29, 0.717) is 12.8 Å². The summed E-state index contributed by atoms with van der Waals surface area (Å²) in [5.41, 5.74) is 12.3. The van der Waals surface area contributed by atoms with Gasteiger partial charge in [-0.1, -0.05) is 18.2 Å². The largest absolute Gasteiger partial charge is 0.370 e. The molecular weight excluding hydrogens is 296 g/mol. The average molecular weight is 316 g/mol. The van der Waals surface area contributed by atoms with E-state index >= 15 is 0 Å². The number of fused-ring (bicyclic) bond motifs is 1. The molecule has 2 rings (SSSR count). The highest BCUT2D eigenvalue weighted by Crippen LogP contribution is 2.19. The van der Waals surface area contributed by atoms with Gasteiger partial charge in [0.1, 0.15) is 6.04 Å². The molecule has 2 aromatic rings. The highest BCUT2D eigenvalue weighted by Gasteiger charge is 2.20. The quantitative estimate of drug-likeness (QED) is 0.560. The second kappa shape index (κ2) is 7.44. The lowest BCUT2D eigenvalue weighted by atomic mass is 10.0. The third-order valence-electron chi connectivity index (χ3n) is 3.60. The normalized spacial score (nSPS) is 12.0. The van der Waals surface area contributed by atoms with Gasteiger partial charge in [-0.05, 0) is 18.1 Å². The van der Waals surface area contributed by atoms with Crippen molar-refractivity contribution in [2.75, 3.05) is 0 Å². The summed E-state index contributed by atoms with van der Waals surface area (Å²) < 4.78 is 0. The first-order chi connectivity index (χ1) is 11.0. The molecule has 122 valence electrons. The standard InChI is InChI=1S/C16H20N4O3/c17-14(21)6-3-7-15(22)20-13(16(18)23)8-10-9-19-12-5-2-1-4-11(10)12/h1-2,4-5,9,13,19H,3,6-8H2,(H2,17,21)(H2,18,23)(H,20,22)/t13-/m0/s1. The van der Waals surface area contributed by atoms with Crippen LogP contribution >= 0.6 is 0 Å². The van der Waals surface area contributed by atoms with E-state index < -0.39 is 17.9 Å². The summed E-state index contributed by atoms with van der Waals surface area (Å²) in [6, 6.07) is 6.89. The number of amides is 3. The number of para-hydroxylation sites is 1. The molecule has 3 amide bonds. The minimum absolute atomic E-state index is 0.126. The van der Waals surface area contributed by atoms with E-state index in [9.17, 15) is 14.4 Å². The van der Waals surface area contributed by atoms with E-state index in [4.69, 9.17) is 11.5 Å². The Morgan fingerprint density at radius 3 is 2.57 bits per heavy atom. The Kier molecular flexibility index (Phi) is 5.35. The van der Waals surface area contributed by atoms with Gasteiger partial charge in [-0.2, -0.15) is 0 Å². The van der Waals surface area contributed by atoms with Gasteiger partial charge in [-0.15, -0.1) is 0 Å². The fourth-order valence-electron chi connectivity index (χ4n) is 2.43. The van der Waals surface area contributed by atoms with Gasteiger partial charge in [0, 0.05) is 36.4 Å². The summed E-state index contributed by atoms with van der Waals surface area (Å²) >= 11 is 0. The number of hydrogen-bond acceptors (Lipinski definition) is 3. The molecule has 1 aromatic heterocycles. The molecule has 0 aliphatic rings. The first kappa shape index (κ1) is 16.5. The molecular formula is C16H20N4O3. The molecule has 0 unspecified atom stereocenters. The van der Waals surface area contributed by atoms with Gasteiger partial charge in [0.05, 0.1) is 0 Å². The number of benzene rings is 1. The zero-order chi connectivity index (χ0) is 16.8. The van der Waals surface area contributed by atoms with E-state index in [0.717, 1.165) is 16.5 Å². The Hall–Kier alpha value is -2.83. The fourth-order valence-corrected chi connectivity index (χ4v) is 2.43. The van der Waals surface area contributed by atoms with Crippen molar-refractivity contribution >= 4 is 28.6 Å². The number of nitrogens with one attached hydrogen (secondary N) is 2. The first-order valence-corrected chi connectivity index (χ1v) is 7.39. The highest BCUT2D eigenvalue weighted by atomic mass is 16.2. The van der Waals surface area contributed by atoms with Crippen LogP contribution in [0.5, 0.6) is 0 Å². The summed E-state index contributed by atoms with van der Waals surface area (Å²) in [7, 11) is 0. The van der Waals surface area contributed by atoms with Crippen molar-refractivity contribution in [3.05, 3.63) is 36.0 Å². The maximum absolute atomic E-state index is 11.9. The van der Waals surface area contributed by atoms with Crippen molar-refractivity contribution in [2.45, 2.75) is 31.7 Å². The van der Waals surface area contributed by atoms with Gasteiger partial charge in [0.15, 0.2) is 0 Å². The van der Waals surface area contributed by atoms with Crippen LogP contribution in [0, 0.1) is 0 Å². The maximum Gasteiger partial charge on any atom is 0.240 e. The smallest absolute Gasteiger partial charge is 0.240 e. The van der Waals surface area contributed by atoms with Gasteiger partial charge < -0.3 is 21.8 Å². The fraction of sp³-hybridized carbons (Fsp3) is 0.312. The van der Waals surface area contributed by atoms with Crippen molar-refractivity contribution < 1.29 is 14.4 Å². The summed E-state index contributed by atoms with van der Waals surface area (Å²) in [6.45, 7) is 0. The topological polar surface area (TPSA) is 131 Å². The number of H-pyrrole nitrogens is 1. The molecule has 0 aliphatic carbocycles. The van der Waals surface area contributed by atoms with Gasteiger partial charge in [0.2, 0.25) is 17.7 Å². The first-order valence-electron chi connectivity index (χ1n) is 7.39. The van der Waals surface area contributed by atoms with E-state index in [1.165, 1.54) is 0 Å². The SMILES string of the molecule is NC(=O)CCCC(=O)N[C@@H](Cc1c[nH]c2ccccc12)C(N)=O.